The molecule has 1 aromatic rings. The smallest absolute Gasteiger partial charge is 0.244 e. The van der Waals surface area contributed by atoms with Crippen molar-refractivity contribution in [2.24, 2.45) is 0 Å². The summed E-state index contributed by atoms with van der Waals surface area (Å²) in [6.07, 6.45) is 4.34. The number of carbonyl (C=O) groups excluding carboxylic acids is 1. The number of amides is 1. The number of halogens is 1. The summed E-state index contributed by atoms with van der Waals surface area (Å²) in [5.41, 5.74) is 0.742. The molecule has 9 nitrogen and oxygen atoms in total. The monoisotopic (exact) mass is 463 g/mol. The molecule has 1 fully saturated rings. The highest BCUT2D eigenvalue weighted by molar-refractivity contribution is 7.88. The second-order valence-corrected chi connectivity index (χ2v) is 8.57. The molecule has 1 aromatic carbocycles. The number of piperazine rings is 1. The first-order chi connectivity index (χ1) is 13.8. The number of ether oxygens (including phenoxy) is 3. The van der Waals surface area contributed by atoms with E-state index >= 15 is 0 Å². The van der Waals surface area contributed by atoms with Crippen LogP contribution < -0.4 is 19.5 Å². The predicted molar refractivity (Wildman–Crippen MR) is 118 cm³/mol. The van der Waals surface area contributed by atoms with Gasteiger partial charge in [-0.2, -0.15) is 4.31 Å². The standard InChI is InChI=1S/C19H29N3O6S.ClH/c1-26-16-13-15(14-17(27-2)19(16)28-3)5-6-18(23)20-7-8-21-9-11-22(12-10-21)29(4,24)25;/h5-6,13-14H,7-12H2,1-4H3,(H,20,23);1H/b6-5+;. The van der Waals surface area contributed by atoms with Crippen molar-refractivity contribution in [1.82, 2.24) is 14.5 Å². The van der Waals surface area contributed by atoms with Crippen LogP contribution in [0.5, 0.6) is 17.2 Å². The molecule has 0 unspecified atom stereocenters. The van der Waals surface area contributed by atoms with Crippen LogP contribution >= 0.6 is 12.4 Å². The van der Waals surface area contributed by atoms with Gasteiger partial charge in [0.2, 0.25) is 21.7 Å². The number of rotatable bonds is 9. The molecule has 1 aliphatic heterocycles. The van der Waals surface area contributed by atoms with Crippen molar-refractivity contribution in [3.05, 3.63) is 23.8 Å². The Bertz CT molecular complexity index is 814. The van der Waals surface area contributed by atoms with E-state index in [1.54, 1.807) is 18.2 Å². The van der Waals surface area contributed by atoms with E-state index in [9.17, 15) is 13.2 Å². The molecule has 1 heterocycles. The Morgan fingerprint density at radius 2 is 1.63 bits per heavy atom. The largest absolute Gasteiger partial charge is 0.493 e. The molecule has 1 aliphatic rings. The highest BCUT2D eigenvalue weighted by Crippen LogP contribution is 2.38. The van der Waals surface area contributed by atoms with Gasteiger partial charge in [-0.15, -0.1) is 12.4 Å². The summed E-state index contributed by atoms with van der Waals surface area (Å²) in [4.78, 5) is 14.2. The zero-order chi connectivity index (χ0) is 21.4. The fourth-order valence-corrected chi connectivity index (χ4v) is 3.88. The van der Waals surface area contributed by atoms with Crippen LogP contribution in [-0.2, 0) is 14.8 Å². The maximum atomic E-state index is 12.1. The van der Waals surface area contributed by atoms with E-state index in [2.05, 4.69) is 10.2 Å². The van der Waals surface area contributed by atoms with Crippen LogP contribution in [-0.4, -0.2) is 90.4 Å². The van der Waals surface area contributed by atoms with E-state index in [0.29, 0.717) is 56.5 Å². The number of benzene rings is 1. The fraction of sp³-hybridized carbons (Fsp3) is 0.526. The summed E-state index contributed by atoms with van der Waals surface area (Å²) in [5.74, 6) is 1.31. The SMILES string of the molecule is COc1cc(/C=C/C(=O)NCCN2CCN(S(C)(=O)=O)CC2)cc(OC)c1OC.Cl. The van der Waals surface area contributed by atoms with E-state index in [1.165, 1.54) is 38.0 Å². The molecular formula is C19H30ClN3O6S. The van der Waals surface area contributed by atoms with Gasteiger partial charge in [0, 0.05) is 45.3 Å². The zero-order valence-electron chi connectivity index (χ0n) is 17.7. The molecule has 0 atom stereocenters. The van der Waals surface area contributed by atoms with Crippen LogP contribution in [0.3, 0.4) is 0 Å². The Morgan fingerprint density at radius 3 is 2.10 bits per heavy atom. The molecule has 1 saturated heterocycles. The average Bonchev–Trinajstić information content (AvgIpc) is 2.71. The number of nitrogens with zero attached hydrogens (tertiary/aromatic N) is 2. The number of nitrogens with one attached hydrogen (secondary N) is 1. The Balaban J connectivity index is 0.00000450. The molecule has 170 valence electrons. The molecule has 1 amide bonds. The molecule has 30 heavy (non-hydrogen) atoms. The van der Waals surface area contributed by atoms with Gasteiger partial charge in [0.1, 0.15) is 0 Å². The van der Waals surface area contributed by atoms with Gasteiger partial charge in [-0.3, -0.25) is 9.69 Å². The number of sulfonamides is 1. The number of hydrogen-bond acceptors (Lipinski definition) is 7. The van der Waals surface area contributed by atoms with Crippen LogP contribution in [0.2, 0.25) is 0 Å². The Morgan fingerprint density at radius 1 is 1.07 bits per heavy atom. The van der Waals surface area contributed by atoms with E-state index in [4.69, 9.17) is 14.2 Å². The second-order valence-electron chi connectivity index (χ2n) is 6.59. The highest BCUT2D eigenvalue weighted by Gasteiger charge is 2.22. The van der Waals surface area contributed by atoms with Crippen LogP contribution in [0.4, 0.5) is 0 Å². The van der Waals surface area contributed by atoms with Crippen molar-refractivity contribution in [3.8, 4) is 17.2 Å². The second kappa shape index (κ2) is 12.0. The summed E-state index contributed by atoms with van der Waals surface area (Å²) in [5, 5.41) is 2.83. The summed E-state index contributed by atoms with van der Waals surface area (Å²) in [6.45, 7) is 3.43. The number of hydrogen-bond donors (Lipinski definition) is 1. The van der Waals surface area contributed by atoms with Crippen LogP contribution in [0.1, 0.15) is 5.56 Å². The van der Waals surface area contributed by atoms with Crippen LogP contribution in [0.15, 0.2) is 18.2 Å². The molecule has 0 spiro atoms. The summed E-state index contributed by atoms with van der Waals surface area (Å²) >= 11 is 0. The number of methoxy groups -OCH3 is 3. The minimum atomic E-state index is -3.13. The van der Waals surface area contributed by atoms with Gasteiger partial charge in [0.05, 0.1) is 27.6 Å². The van der Waals surface area contributed by atoms with Gasteiger partial charge in [0.15, 0.2) is 11.5 Å². The summed E-state index contributed by atoms with van der Waals surface area (Å²) in [7, 11) is 1.47. The lowest BCUT2D eigenvalue weighted by atomic mass is 10.1. The minimum Gasteiger partial charge on any atom is -0.493 e. The quantitative estimate of drug-likeness (QED) is 0.542. The van der Waals surface area contributed by atoms with Gasteiger partial charge in [0.25, 0.3) is 0 Å². The van der Waals surface area contributed by atoms with Crippen molar-refractivity contribution >= 4 is 34.4 Å². The zero-order valence-corrected chi connectivity index (χ0v) is 19.3. The third kappa shape index (κ3) is 7.35. The maximum absolute atomic E-state index is 12.1. The van der Waals surface area contributed by atoms with Gasteiger partial charge in [-0.05, 0) is 23.8 Å². The predicted octanol–water partition coefficient (Wildman–Crippen LogP) is 0.841. The van der Waals surface area contributed by atoms with Crippen LogP contribution in [0, 0.1) is 0 Å². The summed E-state index contributed by atoms with van der Waals surface area (Å²) in [6, 6.07) is 3.51. The molecular weight excluding hydrogens is 434 g/mol. The molecule has 0 aromatic heterocycles. The van der Waals surface area contributed by atoms with E-state index in [0.717, 1.165) is 5.56 Å². The van der Waals surface area contributed by atoms with Crippen LogP contribution in [0.25, 0.3) is 6.08 Å². The normalized spacial score (nSPS) is 15.5. The molecule has 0 aliphatic carbocycles. The van der Waals surface area contributed by atoms with Crippen molar-refractivity contribution < 1.29 is 27.4 Å². The first-order valence-corrected chi connectivity index (χ1v) is 11.1. The Labute approximate surface area is 184 Å². The number of carbonyl (C=O) groups is 1. The third-order valence-corrected chi connectivity index (χ3v) is 5.94. The molecule has 0 bridgehead atoms. The first-order valence-electron chi connectivity index (χ1n) is 9.22. The van der Waals surface area contributed by atoms with E-state index in [1.807, 2.05) is 0 Å². The van der Waals surface area contributed by atoms with Crippen molar-refractivity contribution in [2.75, 3.05) is 66.9 Å². The maximum Gasteiger partial charge on any atom is 0.244 e. The molecule has 1 N–H and O–H groups in total. The third-order valence-electron chi connectivity index (χ3n) is 4.64. The van der Waals surface area contributed by atoms with Crippen molar-refractivity contribution in [2.45, 2.75) is 0 Å². The average molecular weight is 464 g/mol. The van der Waals surface area contributed by atoms with Gasteiger partial charge in [-0.25, -0.2) is 8.42 Å². The Hall–Kier alpha value is -2.01. The van der Waals surface area contributed by atoms with E-state index in [-0.39, 0.29) is 18.3 Å². The molecule has 2 rings (SSSR count). The Kier molecular flexibility index (Phi) is 10.4. The van der Waals surface area contributed by atoms with E-state index < -0.39 is 10.0 Å². The van der Waals surface area contributed by atoms with Gasteiger partial charge >= 0.3 is 0 Å². The van der Waals surface area contributed by atoms with Crippen molar-refractivity contribution in [1.29, 1.82) is 0 Å². The highest BCUT2D eigenvalue weighted by atomic mass is 35.5. The fourth-order valence-electron chi connectivity index (χ4n) is 3.05. The lowest BCUT2D eigenvalue weighted by Gasteiger charge is -2.33. The minimum absolute atomic E-state index is 0. The topological polar surface area (TPSA) is 97.4 Å². The lowest BCUT2D eigenvalue weighted by Crippen LogP contribution is -2.49. The molecule has 0 saturated carbocycles. The van der Waals surface area contributed by atoms with Gasteiger partial charge in [-0.1, -0.05) is 0 Å². The molecule has 11 heteroatoms. The molecule has 0 radical (unpaired) electrons. The first kappa shape index (κ1) is 26.0. The van der Waals surface area contributed by atoms with Gasteiger partial charge < -0.3 is 19.5 Å². The summed E-state index contributed by atoms with van der Waals surface area (Å²) < 4.78 is 40.4. The van der Waals surface area contributed by atoms with Crippen molar-refractivity contribution in [3.63, 3.8) is 0 Å². The lowest BCUT2D eigenvalue weighted by molar-refractivity contribution is -0.116.